The highest BCUT2D eigenvalue weighted by atomic mass is 16.5. The zero-order valence-corrected chi connectivity index (χ0v) is 9.29. The third-order valence-electron chi connectivity index (χ3n) is 1.78. The van der Waals surface area contributed by atoms with Gasteiger partial charge in [-0.2, -0.15) is 0 Å². The zero-order valence-electron chi connectivity index (χ0n) is 9.29. The van der Waals surface area contributed by atoms with E-state index in [0.29, 0.717) is 12.4 Å². The molecule has 0 aliphatic carbocycles. The molecule has 0 saturated carbocycles. The molecule has 1 aromatic rings. The first-order chi connectivity index (χ1) is 6.38. The van der Waals surface area contributed by atoms with Crippen LogP contribution in [0.3, 0.4) is 0 Å². The molecule has 14 heavy (non-hydrogen) atoms. The van der Waals surface area contributed by atoms with Crippen LogP contribution in [0, 0.1) is 12.3 Å². The van der Waals surface area contributed by atoms with Gasteiger partial charge in [0.1, 0.15) is 0 Å². The molecule has 0 unspecified atom stereocenters. The molecule has 0 aliphatic rings. The van der Waals surface area contributed by atoms with E-state index in [-0.39, 0.29) is 11.2 Å². The topological polar surface area (TPSA) is 29.5 Å². The second-order valence-corrected chi connectivity index (χ2v) is 4.82. The minimum atomic E-state index is 0.108. The highest BCUT2D eigenvalue weighted by molar-refractivity contribution is 5.41. The Bertz CT molecular complexity index is 311. The van der Waals surface area contributed by atoms with Gasteiger partial charge in [0.25, 0.3) is 0 Å². The Morgan fingerprint density at radius 1 is 1.29 bits per heavy atom. The van der Waals surface area contributed by atoms with E-state index in [1.54, 1.807) is 12.1 Å². The van der Waals surface area contributed by atoms with E-state index >= 15 is 0 Å². The average Bonchev–Trinajstić information content (AvgIpc) is 2.00. The van der Waals surface area contributed by atoms with Crippen molar-refractivity contribution in [3.8, 4) is 11.5 Å². The molecule has 0 heterocycles. The predicted molar refractivity (Wildman–Crippen MR) is 57.8 cm³/mol. The van der Waals surface area contributed by atoms with Crippen molar-refractivity contribution in [2.45, 2.75) is 27.7 Å². The van der Waals surface area contributed by atoms with Crippen LogP contribution in [-0.4, -0.2) is 11.7 Å². The van der Waals surface area contributed by atoms with Gasteiger partial charge in [-0.05, 0) is 30.0 Å². The Hall–Kier alpha value is -1.18. The van der Waals surface area contributed by atoms with E-state index in [1.807, 2.05) is 13.0 Å². The van der Waals surface area contributed by atoms with E-state index in [1.165, 1.54) is 0 Å². The van der Waals surface area contributed by atoms with Crippen molar-refractivity contribution in [2.24, 2.45) is 5.41 Å². The lowest BCUT2D eigenvalue weighted by molar-refractivity contribution is 0.192. The number of aryl methyl sites for hydroxylation is 1. The summed E-state index contributed by atoms with van der Waals surface area (Å²) >= 11 is 0. The summed E-state index contributed by atoms with van der Waals surface area (Å²) in [7, 11) is 0. The molecule has 0 spiro atoms. The smallest absolute Gasteiger partial charge is 0.160 e. The molecule has 0 fully saturated rings. The molecule has 1 N–H and O–H groups in total. The lowest BCUT2D eigenvalue weighted by Gasteiger charge is -2.19. The van der Waals surface area contributed by atoms with E-state index in [0.717, 1.165) is 5.56 Å². The van der Waals surface area contributed by atoms with E-state index in [2.05, 4.69) is 20.8 Å². The number of phenols is 1. The van der Waals surface area contributed by atoms with Crippen molar-refractivity contribution >= 4 is 0 Å². The maximum absolute atomic E-state index is 9.56. The fraction of sp³-hybridized carbons (Fsp3) is 0.500. The predicted octanol–water partition coefficient (Wildman–Crippen LogP) is 3.13. The molecule has 0 amide bonds. The molecule has 78 valence electrons. The van der Waals surface area contributed by atoms with Crippen molar-refractivity contribution in [3.05, 3.63) is 23.8 Å². The number of phenolic OH excluding ortho intramolecular Hbond substituents is 1. The molecular weight excluding hydrogens is 176 g/mol. The summed E-state index contributed by atoms with van der Waals surface area (Å²) in [6, 6.07) is 5.44. The van der Waals surface area contributed by atoms with Gasteiger partial charge in [-0.25, -0.2) is 0 Å². The van der Waals surface area contributed by atoms with Gasteiger partial charge in [-0.1, -0.05) is 26.8 Å². The Labute approximate surface area is 85.5 Å². The molecule has 0 radical (unpaired) electrons. The average molecular weight is 194 g/mol. The lowest BCUT2D eigenvalue weighted by atomic mass is 9.99. The summed E-state index contributed by atoms with van der Waals surface area (Å²) in [5.74, 6) is 0.778. The Morgan fingerprint density at radius 3 is 2.43 bits per heavy atom. The maximum Gasteiger partial charge on any atom is 0.160 e. The fourth-order valence-electron chi connectivity index (χ4n) is 1.04. The maximum atomic E-state index is 9.56. The SMILES string of the molecule is Cc1ccc(OCC(C)(C)C)c(O)c1. The minimum absolute atomic E-state index is 0.108. The number of hydrogen-bond acceptors (Lipinski definition) is 2. The third-order valence-corrected chi connectivity index (χ3v) is 1.78. The van der Waals surface area contributed by atoms with Crippen molar-refractivity contribution in [2.75, 3.05) is 6.61 Å². The Kier molecular flexibility index (Phi) is 3.04. The fourth-order valence-corrected chi connectivity index (χ4v) is 1.04. The highest BCUT2D eigenvalue weighted by Crippen LogP contribution is 2.28. The summed E-state index contributed by atoms with van der Waals surface area (Å²) in [6.45, 7) is 8.82. The molecule has 0 atom stereocenters. The number of aromatic hydroxyl groups is 1. The van der Waals surface area contributed by atoms with Gasteiger partial charge in [-0.15, -0.1) is 0 Å². The summed E-state index contributed by atoms with van der Waals surface area (Å²) in [6.07, 6.45) is 0. The first-order valence-corrected chi connectivity index (χ1v) is 4.81. The molecular formula is C12H18O2. The summed E-state index contributed by atoms with van der Waals surface area (Å²) in [5.41, 5.74) is 1.14. The molecule has 1 rings (SSSR count). The summed E-state index contributed by atoms with van der Waals surface area (Å²) in [5, 5.41) is 9.56. The van der Waals surface area contributed by atoms with Crippen LogP contribution in [0.25, 0.3) is 0 Å². The molecule has 1 aromatic carbocycles. The minimum Gasteiger partial charge on any atom is -0.504 e. The third kappa shape index (κ3) is 3.29. The van der Waals surface area contributed by atoms with Crippen LogP contribution in [0.5, 0.6) is 11.5 Å². The molecule has 0 aromatic heterocycles. The second-order valence-electron chi connectivity index (χ2n) is 4.82. The van der Waals surface area contributed by atoms with E-state index < -0.39 is 0 Å². The Morgan fingerprint density at radius 2 is 1.93 bits per heavy atom. The van der Waals surface area contributed by atoms with Crippen LogP contribution in [0.4, 0.5) is 0 Å². The number of hydrogen-bond donors (Lipinski definition) is 1. The first-order valence-electron chi connectivity index (χ1n) is 4.81. The molecule has 0 bridgehead atoms. The van der Waals surface area contributed by atoms with Gasteiger partial charge in [0.05, 0.1) is 6.61 Å². The van der Waals surface area contributed by atoms with Crippen LogP contribution in [0.1, 0.15) is 26.3 Å². The van der Waals surface area contributed by atoms with Crippen molar-refractivity contribution < 1.29 is 9.84 Å². The number of benzene rings is 1. The van der Waals surface area contributed by atoms with Gasteiger partial charge in [0, 0.05) is 0 Å². The van der Waals surface area contributed by atoms with Gasteiger partial charge >= 0.3 is 0 Å². The molecule has 0 saturated heterocycles. The van der Waals surface area contributed by atoms with Gasteiger partial charge in [-0.3, -0.25) is 0 Å². The number of rotatable bonds is 2. The highest BCUT2D eigenvalue weighted by Gasteiger charge is 2.12. The summed E-state index contributed by atoms with van der Waals surface area (Å²) in [4.78, 5) is 0. The first kappa shape index (κ1) is 10.9. The van der Waals surface area contributed by atoms with Crippen LogP contribution < -0.4 is 4.74 Å². The van der Waals surface area contributed by atoms with Crippen LogP contribution in [-0.2, 0) is 0 Å². The normalized spacial score (nSPS) is 11.4. The van der Waals surface area contributed by atoms with Crippen LogP contribution in [0.15, 0.2) is 18.2 Å². The van der Waals surface area contributed by atoms with Crippen molar-refractivity contribution in [3.63, 3.8) is 0 Å². The lowest BCUT2D eigenvalue weighted by Crippen LogP contribution is -2.16. The van der Waals surface area contributed by atoms with E-state index in [9.17, 15) is 5.11 Å². The standard InChI is InChI=1S/C12H18O2/c1-9-5-6-11(10(13)7-9)14-8-12(2,3)4/h5-7,13H,8H2,1-4H3. The quantitative estimate of drug-likeness (QED) is 0.783. The Balaban J connectivity index is 2.68. The molecule has 2 nitrogen and oxygen atoms in total. The molecule has 0 aliphatic heterocycles. The molecule has 2 heteroatoms. The van der Waals surface area contributed by atoms with E-state index in [4.69, 9.17) is 4.74 Å². The van der Waals surface area contributed by atoms with Crippen LogP contribution in [0.2, 0.25) is 0 Å². The largest absolute Gasteiger partial charge is 0.504 e. The van der Waals surface area contributed by atoms with Crippen molar-refractivity contribution in [1.82, 2.24) is 0 Å². The number of ether oxygens (including phenoxy) is 1. The summed E-state index contributed by atoms with van der Waals surface area (Å²) < 4.78 is 5.51. The van der Waals surface area contributed by atoms with Crippen molar-refractivity contribution in [1.29, 1.82) is 0 Å². The van der Waals surface area contributed by atoms with Gasteiger partial charge in [0.2, 0.25) is 0 Å². The van der Waals surface area contributed by atoms with Crippen LogP contribution >= 0.6 is 0 Å². The second kappa shape index (κ2) is 3.91. The van der Waals surface area contributed by atoms with Gasteiger partial charge in [0.15, 0.2) is 11.5 Å². The zero-order chi connectivity index (χ0) is 10.8. The van der Waals surface area contributed by atoms with Gasteiger partial charge < -0.3 is 9.84 Å². The monoisotopic (exact) mass is 194 g/mol.